The molecule has 46 heavy (non-hydrogen) atoms. The highest BCUT2D eigenvalue weighted by molar-refractivity contribution is 6.04. The fraction of sp³-hybridized carbons (Fsp3) is 0.371. The summed E-state index contributed by atoms with van der Waals surface area (Å²) < 4.78 is 67.9. The number of rotatable bonds is 5. The van der Waals surface area contributed by atoms with Gasteiger partial charge in [0.2, 0.25) is 0 Å². The van der Waals surface area contributed by atoms with Gasteiger partial charge in [-0.1, -0.05) is 18.9 Å². The molecular formula is C35H33F4N5O2. The van der Waals surface area contributed by atoms with Crippen molar-refractivity contribution in [3.05, 3.63) is 65.2 Å². The van der Waals surface area contributed by atoms with Crippen molar-refractivity contribution in [3.63, 3.8) is 0 Å². The van der Waals surface area contributed by atoms with Crippen LogP contribution >= 0.6 is 0 Å². The van der Waals surface area contributed by atoms with Crippen molar-refractivity contribution in [3.8, 4) is 35.2 Å². The lowest BCUT2D eigenvalue weighted by molar-refractivity contribution is 0.109. The molecule has 3 aliphatic heterocycles. The maximum Gasteiger partial charge on any atom is 0.319 e. The largest absolute Gasteiger partial charge is 0.508 e. The number of hydrogen-bond acceptors (Lipinski definition) is 7. The Balaban J connectivity index is 1.41. The number of halogens is 4. The lowest BCUT2D eigenvalue weighted by Gasteiger charge is -2.40. The summed E-state index contributed by atoms with van der Waals surface area (Å²) in [6, 6.07) is 6.49. The predicted molar refractivity (Wildman–Crippen MR) is 169 cm³/mol. The highest BCUT2D eigenvalue weighted by atomic mass is 19.1. The summed E-state index contributed by atoms with van der Waals surface area (Å²) in [7, 11) is 1.95. The zero-order chi connectivity index (χ0) is 32.3. The second kappa shape index (κ2) is 11.4. The average molecular weight is 632 g/mol. The first kappa shape index (κ1) is 30.3. The molecule has 0 unspecified atom stereocenters. The van der Waals surface area contributed by atoms with E-state index in [1.54, 1.807) is 0 Å². The molecule has 3 aliphatic rings. The van der Waals surface area contributed by atoms with Crippen LogP contribution < -0.4 is 15.0 Å². The number of phenols is 1. The maximum atomic E-state index is 16.8. The summed E-state index contributed by atoms with van der Waals surface area (Å²) in [5, 5.41) is 14.6. The molecule has 0 radical (unpaired) electrons. The topological polar surface area (TPSA) is 73.8 Å². The van der Waals surface area contributed by atoms with Crippen LogP contribution in [0.3, 0.4) is 0 Å². The number of nitrogens with one attached hydrogen (secondary N) is 1. The van der Waals surface area contributed by atoms with E-state index >= 15 is 8.78 Å². The highest BCUT2D eigenvalue weighted by Crippen LogP contribution is 2.42. The van der Waals surface area contributed by atoms with Gasteiger partial charge >= 0.3 is 6.01 Å². The molecular weight excluding hydrogens is 598 g/mol. The van der Waals surface area contributed by atoms with Gasteiger partial charge in [0.1, 0.15) is 35.3 Å². The van der Waals surface area contributed by atoms with Crippen LogP contribution in [0.25, 0.3) is 32.8 Å². The number of phenolic OH excluding ortho intramolecular Hbond substituents is 1. The second-order valence-electron chi connectivity index (χ2n) is 12.9. The van der Waals surface area contributed by atoms with E-state index in [-0.39, 0.29) is 57.9 Å². The van der Waals surface area contributed by atoms with Crippen LogP contribution in [0.4, 0.5) is 23.4 Å². The summed E-state index contributed by atoms with van der Waals surface area (Å²) >= 11 is 0. The molecule has 3 fully saturated rings. The van der Waals surface area contributed by atoms with Crippen LogP contribution in [0.5, 0.6) is 11.8 Å². The van der Waals surface area contributed by atoms with Crippen LogP contribution in [0.15, 0.2) is 42.2 Å². The van der Waals surface area contributed by atoms with Crippen molar-refractivity contribution in [2.75, 3.05) is 44.7 Å². The van der Waals surface area contributed by atoms with Gasteiger partial charge in [-0.15, -0.1) is 6.42 Å². The minimum atomic E-state index is -1.03. The molecule has 0 aliphatic carbocycles. The SMILES string of the molecule is C#Cc1c(F)ccc2cc(O)cc(-c3c(F)cc4c(N5C[C@H]6CC[C@@H](C5)N6)nc(OC[C@]5(C)CN(C)CC/C5=C\F)nc4c3F)c12. The molecule has 3 atom stereocenters. The number of aromatic hydroxyl groups is 1. The molecule has 0 amide bonds. The van der Waals surface area contributed by atoms with Gasteiger partial charge in [0.05, 0.1) is 17.5 Å². The van der Waals surface area contributed by atoms with E-state index in [9.17, 15) is 13.9 Å². The number of hydrogen-bond donors (Lipinski definition) is 2. The van der Waals surface area contributed by atoms with Gasteiger partial charge < -0.3 is 25.0 Å². The molecule has 3 aromatic carbocycles. The molecule has 3 saturated heterocycles. The van der Waals surface area contributed by atoms with E-state index in [1.807, 2.05) is 18.9 Å². The maximum absolute atomic E-state index is 16.8. The number of aromatic nitrogens is 2. The molecule has 7 nitrogen and oxygen atoms in total. The number of terminal acetylenes is 1. The molecule has 7 rings (SSSR count). The quantitative estimate of drug-likeness (QED) is 0.205. The van der Waals surface area contributed by atoms with Crippen LogP contribution in [-0.4, -0.2) is 71.9 Å². The van der Waals surface area contributed by atoms with Crippen LogP contribution in [0.2, 0.25) is 0 Å². The van der Waals surface area contributed by atoms with Crippen molar-refractivity contribution in [1.82, 2.24) is 20.2 Å². The molecule has 11 heteroatoms. The summed E-state index contributed by atoms with van der Waals surface area (Å²) in [5.41, 5.74) is -1.10. The summed E-state index contributed by atoms with van der Waals surface area (Å²) in [5.74, 6) is -0.380. The third-order valence-corrected chi connectivity index (χ3v) is 9.63. The van der Waals surface area contributed by atoms with Crippen molar-refractivity contribution in [2.45, 2.75) is 38.3 Å². The lowest BCUT2D eigenvalue weighted by Crippen LogP contribution is -2.51. The monoisotopic (exact) mass is 631 g/mol. The first-order valence-electron chi connectivity index (χ1n) is 15.3. The Kier molecular flexibility index (Phi) is 7.53. The van der Waals surface area contributed by atoms with E-state index in [0.29, 0.717) is 55.7 Å². The third-order valence-electron chi connectivity index (χ3n) is 9.63. The van der Waals surface area contributed by atoms with Gasteiger partial charge in [0, 0.05) is 60.0 Å². The Hall–Kier alpha value is -4.40. The standard InChI is InChI=1S/C35H33F4N5O2/c1-4-24-27(37)8-5-19-11-23(45)12-25(29(19)24)30-28(38)13-26-32(31(30)39)41-34(42-33(26)44-15-21-6-7-22(16-44)40-21)46-18-35(2)17-43(3)10-9-20(35)14-36/h1,5,8,11-14,21-22,40,45H,6-7,9-10,15-18H2,2-3H3/b20-14+/t21-,22+,35-/m0/s1. The normalized spacial score (nSPS) is 24.2. The Morgan fingerprint density at radius 2 is 1.89 bits per heavy atom. The molecule has 2 N–H and O–H groups in total. The number of benzene rings is 3. The molecule has 238 valence electrons. The zero-order valence-electron chi connectivity index (χ0n) is 25.5. The minimum Gasteiger partial charge on any atom is -0.508 e. The molecule has 4 aromatic rings. The van der Waals surface area contributed by atoms with Crippen LogP contribution in [0.1, 0.15) is 31.7 Å². The fourth-order valence-electron chi connectivity index (χ4n) is 7.38. The molecule has 4 heterocycles. The Bertz CT molecular complexity index is 1950. The van der Waals surface area contributed by atoms with E-state index in [4.69, 9.17) is 11.2 Å². The molecule has 0 saturated carbocycles. The molecule has 0 spiro atoms. The Morgan fingerprint density at radius 3 is 2.61 bits per heavy atom. The number of nitrogens with zero attached hydrogens (tertiary/aromatic N) is 4. The molecule has 2 bridgehead atoms. The fourth-order valence-corrected chi connectivity index (χ4v) is 7.38. The first-order chi connectivity index (χ1) is 22.1. The van der Waals surface area contributed by atoms with E-state index in [1.165, 1.54) is 18.2 Å². The van der Waals surface area contributed by atoms with Crippen molar-refractivity contribution in [1.29, 1.82) is 0 Å². The average Bonchev–Trinajstić information content (AvgIpc) is 3.37. The number of piperazine rings is 1. The Labute approximate surface area is 263 Å². The number of fused-ring (bicyclic) bond motifs is 4. The summed E-state index contributed by atoms with van der Waals surface area (Å²) in [6.45, 7) is 4.32. The zero-order valence-corrected chi connectivity index (χ0v) is 25.5. The summed E-state index contributed by atoms with van der Waals surface area (Å²) in [6.07, 6.45) is 8.75. The molecule has 1 aromatic heterocycles. The number of ether oxygens (including phenoxy) is 1. The number of piperidine rings is 1. The van der Waals surface area contributed by atoms with Crippen molar-refractivity contribution >= 4 is 27.5 Å². The highest BCUT2D eigenvalue weighted by Gasteiger charge is 2.37. The van der Waals surface area contributed by atoms with E-state index < -0.39 is 28.4 Å². The van der Waals surface area contributed by atoms with Crippen LogP contribution in [0, 0.1) is 35.2 Å². The third kappa shape index (κ3) is 5.10. The van der Waals surface area contributed by atoms with Crippen molar-refractivity contribution in [2.24, 2.45) is 5.41 Å². The summed E-state index contributed by atoms with van der Waals surface area (Å²) in [4.78, 5) is 13.2. The van der Waals surface area contributed by atoms with Crippen molar-refractivity contribution < 1.29 is 27.4 Å². The number of likely N-dealkylation sites (tertiary alicyclic amines) is 1. The van der Waals surface area contributed by atoms with Gasteiger partial charge in [-0.25, -0.2) is 17.6 Å². The number of anilines is 1. The van der Waals surface area contributed by atoms with E-state index in [0.717, 1.165) is 25.0 Å². The second-order valence-corrected chi connectivity index (χ2v) is 12.9. The minimum absolute atomic E-state index is 0.0303. The first-order valence-corrected chi connectivity index (χ1v) is 15.3. The van der Waals surface area contributed by atoms with Crippen LogP contribution in [-0.2, 0) is 0 Å². The predicted octanol–water partition coefficient (Wildman–Crippen LogP) is 6.07. The van der Waals surface area contributed by atoms with Gasteiger partial charge in [-0.3, -0.25) is 0 Å². The lowest BCUT2D eigenvalue weighted by atomic mass is 9.78. The smallest absolute Gasteiger partial charge is 0.319 e. The van der Waals surface area contributed by atoms with Gasteiger partial charge in [-0.05, 0) is 61.5 Å². The van der Waals surface area contributed by atoms with E-state index in [2.05, 4.69) is 26.1 Å². The Morgan fingerprint density at radius 1 is 1.13 bits per heavy atom. The van der Waals surface area contributed by atoms with Gasteiger partial charge in [0.15, 0.2) is 5.82 Å². The van der Waals surface area contributed by atoms with Gasteiger partial charge in [0.25, 0.3) is 0 Å². The van der Waals surface area contributed by atoms with Gasteiger partial charge in [-0.2, -0.15) is 9.97 Å².